The number of nitrogens with zero attached hydrogens (tertiary/aromatic N) is 4. The Bertz CT molecular complexity index is 1030. The fourth-order valence-corrected chi connectivity index (χ4v) is 3.91. The molecule has 1 aromatic carbocycles. The van der Waals surface area contributed by atoms with Crippen LogP contribution in [0.15, 0.2) is 59.9 Å². The van der Waals surface area contributed by atoms with Gasteiger partial charge in [0.1, 0.15) is 11.4 Å². The summed E-state index contributed by atoms with van der Waals surface area (Å²) in [5.41, 5.74) is 2.61. The first-order valence-corrected chi connectivity index (χ1v) is 10.9. The molecule has 7 nitrogen and oxygen atoms in total. The van der Waals surface area contributed by atoms with E-state index in [1.54, 1.807) is 12.1 Å². The molecule has 0 spiro atoms. The number of aromatic nitrogens is 2. The van der Waals surface area contributed by atoms with E-state index in [1.807, 2.05) is 54.0 Å². The highest BCUT2D eigenvalue weighted by Gasteiger charge is 2.26. The van der Waals surface area contributed by atoms with Gasteiger partial charge in [0.25, 0.3) is 0 Å². The fourth-order valence-electron chi connectivity index (χ4n) is 3.91. The van der Waals surface area contributed by atoms with Crippen LogP contribution in [0.5, 0.6) is 5.75 Å². The number of hydrogen-bond acceptors (Lipinski definition) is 4. The van der Waals surface area contributed by atoms with Gasteiger partial charge in [-0.25, -0.2) is 4.98 Å². The molecule has 1 atom stereocenters. The second-order valence-electron chi connectivity index (χ2n) is 7.63. The lowest BCUT2D eigenvalue weighted by Crippen LogP contribution is -2.44. The summed E-state index contributed by atoms with van der Waals surface area (Å²) in [5, 5.41) is 6.76. The minimum atomic E-state index is -2.84. The second-order valence-corrected chi connectivity index (χ2v) is 7.63. The number of alkyl halides is 2. The van der Waals surface area contributed by atoms with Crippen LogP contribution in [0, 0.1) is 0 Å². The molecular formula is C23H29F2IN6O. The number of halogens is 3. The topological polar surface area (TPSA) is 66.2 Å². The number of para-hydroxylation sites is 2. The van der Waals surface area contributed by atoms with Crippen molar-refractivity contribution >= 4 is 41.3 Å². The van der Waals surface area contributed by atoms with Crippen molar-refractivity contribution in [3.05, 3.63) is 60.6 Å². The van der Waals surface area contributed by atoms with E-state index < -0.39 is 6.61 Å². The highest BCUT2D eigenvalue weighted by molar-refractivity contribution is 14.0. The molecule has 2 N–H and O–H groups in total. The summed E-state index contributed by atoms with van der Waals surface area (Å²) in [6.07, 6.45) is 5.63. The molecule has 10 heteroatoms. The first-order chi connectivity index (χ1) is 15.6. The van der Waals surface area contributed by atoms with E-state index in [0.29, 0.717) is 18.8 Å². The SMILES string of the molecule is CCNC(=NCCc1cn2ccccc2n1)NC1CCN(c2ccccc2OC(F)F)C1.I. The number of ether oxygens (including phenoxy) is 1. The summed E-state index contributed by atoms with van der Waals surface area (Å²) in [4.78, 5) is 11.4. The van der Waals surface area contributed by atoms with Gasteiger partial charge in [0.15, 0.2) is 5.96 Å². The maximum atomic E-state index is 12.7. The maximum absolute atomic E-state index is 12.7. The molecule has 1 unspecified atom stereocenters. The van der Waals surface area contributed by atoms with Crippen molar-refractivity contribution in [2.24, 2.45) is 4.99 Å². The van der Waals surface area contributed by atoms with E-state index in [2.05, 4.69) is 20.5 Å². The highest BCUT2D eigenvalue weighted by atomic mass is 127. The lowest BCUT2D eigenvalue weighted by Gasteiger charge is -2.22. The second kappa shape index (κ2) is 12.0. The third-order valence-corrected chi connectivity index (χ3v) is 5.35. The van der Waals surface area contributed by atoms with Gasteiger partial charge < -0.3 is 24.7 Å². The largest absolute Gasteiger partial charge is 0.433 e. The van der Waals surface area contributed by atoms with Crippen molar-refractivity contribution in [3.8, 4) is 5.75 Å². The molecule has 178 valence electrons. The highest BCUT2D eigenvalue weighted by Crippen LogP contribution is 2.31. The number of aliphatic imine (C=N–C) groups is 1. The maximum Gasteiger partial charge on any atom is 0.387 e. The molecule has 1 aliphatic rings. The Kier molecular flexibility index (Phi) is 9.10. The van der Waals surface area contributed by atoms with Crippen molar-refractivity contribution in [1.29, 1.82) is 0 Å². The number of guanidine groups is 1. The molecule has 0 bridgehead atoms. The number of anilines is 1. The number of fused-ring (bicyclic) bond motifs is 1. The van der Waals surface area contributed by atoms with E-state index in [-0.39, 0.29) is 35.8 Å². The van der Waals surface area contributed by atoms with Crippen LogP contribution in [-0.2, 0) is 6.42 Å². The zero-order valence-corrected chi connectivity index (χ0v) is 20.8. The van der Waals surface area contributed by atoms with Crippen LogP contribution in [0.1, 0.15) is 19.0 Å². The molecule has 3 aromatic rings. The first-order valence-electron chi connectivity index (χ1n) is 10.9. The average molecular weight is 570 g/mol. The molecule has 0 radical (unpaired) electrons. The number of hydrogen-bond donors (Lipinski definition) is 2. The van der Waals surface area contributed by atoms with Crippen LogP contribution in [0.3, 0.4) is 0 Å². The minimum absolute atomic E-state index is 0. The molecule has 1 fully saturated rings. The van der Waals surface area contributed by atoms with Gasteiger partial charge in [-0.05, 0) is 37.6 Å². The van der Waals surface area contributed by atoms with E-state index >= 15 is 0 Å². The zero-order chi connectivity index (χ0) is 22.3. The van der Waals surface area contributed by atoms with Gasteiger partial charge >= 0.3 is 6.61 Å². The van der Waals surface area contributed by atoms with Gasteiger partial charge in [-0.15, -0.1) is 24.0 Å². The van der Waals surface area contributed by atoms with Crippen molar-refractivity contribution in [3.63, 3.8) is 0 Å². The van der Waals surface area contributed by atoms with Crippen LogP contribution in [0.2, 0.25) is 0 Å². The summed E-state index contributed by atoms with van der Waals surface area (Å²) in [5.74, 6) is 0.955. The lowest BCUT2D eigenvalue weighted by atomic mass is 10.2. The number of pyridine rings is 1. The summed E-state index contributed by atoms with van der Waals surface area (Å²) >= 11 is 0. The number of benzene rings is 1. The Morgan fingerprint density at radius 2 is 2.06 bits per heavy atom. The van der Waals surface area contributed by atoms with E-state index in [9.17, 15) is 8.78 Å². The Labute approximate surface area is 209 Å². The minimum Gasteiger partial charge on any atom is -0.433 e. The molecule has 4 rings (SSSR count). The van der Waals surface area contributed by atoms with Gasteiger partial charge in [-0.1, -0.05) is 18.2 Å². The predicted octanol–water partition coefficient (Wildman–Crippen LogP) is 3.93. The summed E-state index contributed by atoms with van der Waals surface area (Å²) in [6.45, 7) is 1.98. The Hall–Kier alpha value is -2.63. The van der Waals surface area contributed by atoms with Crippen molar-refractivity contribution in [1.82, 2.24) is 20.0 Å². The standard InChI is InChI=1S/C23H28F2N6O.HI/c1-2-26-23(27-12-10-17-16-31-13-6-5-9-21(31)28-17)29-18-11-14-30(15-18)19-7-3-4-8-20(19)32-22(24)25;/h3-9,13,16,18,22H,2,10-12,14-15H2,1H3,(H2,26,27,29);1H. The van der Waals surface area contributed by atoms with Crippen LogP contribution in [-0.4, -0.2) is 54.2 Å². The molecule has 1 aliphatic heterocycles. The van der Waals surface area contributed by atoms with Gasteiger partial charge in [0.05, 0.1) is 11.4 Å². The normalized spacial score (nSPS) is 16.2. The smallest absolute Gasteiger partial charge is 0.387 e. The van der Waals surface area contributed by atoms with Gasteiger partial charge in [0.2, 0.25) is 0 Å². The molecule has 3 heterocycles. The summed E-state index contributed by atoms with van der Waals surface area (Å²) in [6, 6.07) is 13.0. The van der Waals surface area contributed by atoms with Gasteiger partial charge in [0, 0.05) is 51.0 Å². The third kappa shape index (κ3) is 6.68. The zero-order valence-electron chi connectivity index (χ0n) is 18.5. The number of imidazole rings is 1. The van der Waals surface area contributed by atoms with E-state index in [1.165, 1.54) is 0 Å². The van der Waals surface area contributed by atoms with Crippen molar-refractivity contribution in [2.75, 3.05) is 31.1 Å². The van der Waals surface area contributed by atoms with E-state index in [4.69, 9.17) is 9.73 Å². The Morgan fingerprint density at radius 3 is 2.85 bits per heavy atom. The number of rotatable bonds is 8. The van der Waals surface area contributed by atoms with Crippen LogP contribution < -0.4 is 20.3 Å². The van der Waals surface area contributed by atoms with E-state index in [0.717, 1.165) is 43.2 Å². The van der Waals surface area contributed by atoms with Crippen molar-refractivity contribution < 1.29 is 13.5 Å². The molecular weight excluding hydrogens is 541 g/mol. The van der Waals surface area contributed by atoms with Gasteiger partial charge in [-0.2, -0.15) is 8.78 Å². The lowest BCUT2D eigenvalue weighted by molar-refractivity contribution is -0.0495. The van der Waals surface area contributed by atoms with Crippen LogP contribution >= 0.6 is 24.0 Å². The summed E-state index contributed by atoms with van der Waals surface area (Å²) < 4.78 is 32.2. The predicted molar refractivity (Wildman–Crippen MR) is 137 cm³/mol. The molecule has 0 amide bonds. The fraction of sp³-hybridized carbons (Fsp3) is 0.391. The van der Waals surface area contributed by atoms with Gasteiger partial charge in [-0.3, -0.25) is 4.99 Å². The van der Waals surface area contributed by atoms with Crippen LogP contribution in [0.25, 0.3) is 5.65 Å². The average Bonchev–Trinajstić information content (AvgIpc) is 3.40. The molecule has 1 saturated heterocycles. The Balaban J connectivity index is 0.00000306. The summed E-state index contributed by atoms with van der Waals surface area (Å²) in [7, 11) is 0. The first kappa shape index (κ1) is 25.0. The monoisotopic (exact) mass is 570 g/mol. The molecule has 0 saturated carbocycles. The third-order valence-electron chi connectivity index (χ3n) is 5.35. The Morgan fingerprint density at radius 1 is 1.24 bits per heavy atom. The quantitative estimate of drug-likeness (QED) is 0.244. The molecule has 33 heavy (non-hydrogen) atoms. The molecule has 0 aliphatic carbocycles. The van der Waals surface area contributed by atoms with Crippen LogP contribution in [0.4, 0.5) is 14.5 Å². The number of nitrogens with one attached hydrogen (secondary N) is 2. The van der Waals surface area contributed by atoms with Crippen molar-refractivity contribution in [2.45, 2.75) is 32.4 Å². The molecule has 2 aromatic heterocycles.